The number of amides is 1. The Hall–Kier alpha value is -1.76. The van der Waals surface area contributed by atoms with E-state index in [1.54, 1.807) is 0 Å². The van der Waals surface area contributed by atoms with Crippen LogP contribution in [0.25, 0.3) is 0 Å². The lowest BCUT2D eigenvalue weighted by molar-refractivity contribution is -0.178. The van der Waals surface area contributed by atoms with Gasteiger partial charge in [0.05, 0.1) is 19.7 Å². The number of carbonyl (C=O) groups is 1. The van der Waals surface area contributed by atoms with Crippen LogP contribution in [0.3, 0.4) is 0 Å². The van der Waals surface area contributed by atoms with E-state index < -0.39 is 5.41 Å². The number of carbonyl (C=O) groups excluding carboxylic acids is 1. The number of tetrazole rings is 1. The summed E-state index contributed by atoms with van der Waals surface area (Å²) < 4.78 is 5.86. The number of nitrogens with one attached hydrogen (secondary N) is 1. The van der Waals surface area contributed by atoms with Crippen LogP contribution in [0.2, 0.25) is 0 Å². The van der Waals surface area contributed by atoms with Gasteiger partial charge in [-0.2, -0.15) is 5.21 Å². The van der Waals surface area contributed by atoms with Gasteiger partial charge in [-0.15, -0.1) is 10.2 Å². The predicted molar refractivity (Wildman–Crippen MR) is 75.8 cm³/mol. The number of H-pyrrole nitrogens is 1. The number of hydrogen-bond donors (Lipinski definition) is 1. The molecule has 1 aromatic heterocycles. The highest BCUT2D eigenvalue weighted by Gasteiger charge is 2.68. The van der Waals surface area contributed by atoms with Gasteiger partial charge >= 0.3 is 0 Å². The molecule has 1 N–H and O–H groups in total. The molecule has 1 aromatic rings. The van der Waals surface area contributed by atoms with Crippen molar-refractivity contribution >= 4 is 5.91 Å². The van der Waals surface area contributed by atoms with Gasteiger partial charge in [0.2, 0.25) is 5.91 Å². The van der Waals surface area contributed by atoms with Crippen molar-refractivity contribution in [2.75, 3.05) is 19.7 Å². The number of hydrogen-bond acceptors (Lipinski definition) is 5. The van der Waals surface area contributed by atoms with Crippen molar-refractivity contribution in [2.45, 2.75) is 43.1 Å². The monoisotopic (exact) mass is 301 g/mol. The van der Waals surface area contributed by atoms with Gasteiger partial charge in [0.15, 0.2) is 5.82 Å². The Morgan fingerprint density at radius 1 is 1.27 bits per heavy atom. The minimum Gasteiger partial charge on any atom is -0.367 e. The summed E-state index contributed by atoms with van der Waals surface area (Å²) in [6.07, 6.45) is 9.32. The zero-order valence-electron chi connectivity index (χ0n) is 12.4. The van der Waals surface area contributed by atoms with Crippen LogP contribution in [-0.2, 0) is 14.9 Å². The standard InChI is InChI=1S/C15H19N5O2/c21-12(20-9-14(10-20)3-1-2-6-22-14)15(11-16-18-19-17-11)7-13(8-15)4-5-13/h1-2H,3-10H2,(H,16,17,18,19). The average molecular weight is 301 g/mol. The van der Waals surface area contributed by atoms with E-state index in [1.165, 1.54) is 12.8 Å². The Morgan fingerprint density at radius 3 is 2.68 bits per heavy atom. The van der Waals surface area contributed by atoms with E-state index in [2.05, 4.69) is 26.7 Å². The molecule has 0 unspecified atom stereocenters. The highest BCUT2D eigenvalue weighted by Crippen LogP contribution is 2.69. The minimum atomic E-state index is -0.546. The molecule has 3 fully saturated rings. The first-order chi connectivity index (χ1) is 10.7. The molecule has 116 valence electrons. The van der Waals surface area contributed by atoms with Crippen LogP contribution in [0.15, 0.2) is 12.2 Å². The predicted octanol–water partition coefficient (Wildman–Crippen LogP) is 0.569. The second-order valence-electron chi connectivity index (χ2n) is 7.50. The van der Waals surface area contributed by atoms with Crippen molar-refractivity contribution in [1.82, 2.24) is 25.5 Å². The van der Waals surface area contributed by atoms with E-state index in [0.717, 1.165) is 19.3 Å². The second-order valence-corrected chi connectivity index (χ2v) is 7.50. The fraction of sp³-hybridized carbons (Fsp3) is 0.733. The van der Waals surface area contributed by atoms with E-state index >= 15 is 0 Å². The van der Waals surface area contributed by atoms with Crippen LogP contribution in [-0.4, -0.2) is 56.7 Å². The third-order valence-corrected chi connectivity index (χ3v) is 5.88. The van der Waals surface area contributed by atoms with Crippen molar-refractivity contribution in [3.05, 3.63) is 18.0 Å². The fourth-order valence-electron chi connectivity index (χ4n) is 4.49. The zero-order valence-corrected chi connectivity index (χ0v) is 12.4. The fourth-order valence-corrected chi connectivity index (χ4v) is 4.49. The summed E-state index contributed by atoms with van der Waals surface area (Å²) in [6.45, 7) is 2.02. The topological polar surface area (TPSA) is 84.0 Å². The molecule has 0 aromatic carbocycles. The van der Waals surface area contributed by atoms with Crippen LogP contribution in [0.1, 0.15) is 37.9 Å². The van der Waals surface area contributed by atoms with Crippen molar-refractivity contribution < 1.29 is 9.53 Å². The van der Waals surface area contributed by atoms with E-state index in [0.29, 0.717) is 30.9 Å². The molecule has 0 bridgehead atoms. The molecule has 2 spiro atoms. The van der Waals surface area contributed by atoms with Gasteiger partial charge in [0.25, 0.3) is 0 Å². The maximum Gasteiger partial charge on any atom is 0.236 e. The third-order valence-electron chi connectivity index (χ3n) is 5.88. The maximum atomic E-state index is 13.1. The maximum absolute atomic E-state index is 13.1. The normalized spacial score (nSPS) is 29.2. The molecule has 1 amide bonds. The summed E-state index contributed by atoms with van der Waals surface area (Å²) in [7, 11) is 0. The molecule has 22 heavy (non-hydrogen) atoms. The summed E-state index contributed by atoms with van der Waals surface area (Å²) >= 11 is 0. The molecule has 2 saturated carbocycles. The average Bonchev–Trinajstić information content (AvgIpc) is 3.07. The van der Waals surface area contributed by atoms with E-state index in [-0.39, 0.29) is 11.5 Å². The number of likely N-dealkylation sites (tertiary alicyclic amines) is 1. The molecule has 1 saturated heterocycles. The van der Waals surface area contributed by atoms with E-state index in [9.17, 15) is 4.79 Å². The van der Waals surface area contributed by atoms with Gasteiger partial charge in [0.1, 0.15) is 11.0 Å². The van der Waals surface area contributed by atoms with Crippen LogP contribution < -0.4 is 0 Å². The van der Waals surface area contributed by atoms with Crippen molar-refractivity contribution in [1.29, 1.82) is 0 Å². The molecule has 2 aliphatic heterocycles. The minimum absolute atomic E-state index is 0.149. The molecule has 7 heteroatoms. The lowest BCUT2D eigenvalue weighted by Gasteiger charge is -2.55. The first-order valence-corrected chi connectivity index (χ1v) is 7.98. The Balaban J connectivity index is 1.36. The molecular weight excluding hydrogens is 282 g/mol. The van der Waals surface area contributed by atoms with Gasteiger partial charge in [-0.1, -0.05) is 17.4 Å². The van der Waals surface area contributed by atoms with Crippen molar-refractivity contribution in [2.24, 2.45) is 5.41 Å². The van der Waals surface area contributed by atoms with Crippen LogP contribution in [0.4, 0.5) is 0 Å². The molecule has 3 heterocycles. The zero-order chi connectivity index (χ0) is 14.8. The number of ether oxygens (including phenoxy) is 1. The Kier molecular flexibility index (Phi) is 2.29. The highest BCUT2D eigenvalue weighted by molar-refractivity contribution is 5.90. The highest BCUT2D eigenvalue weighted by atomic mass is 16.5. The lowest BCUT2D eigenvalue weighted by atomic mass is 9.58. The Morgan fingerprint density at radius 2 is 2.09 bits per heavy atom. The summed E-state index contributed by atoms with van der Waals surface area (Å²) in [5.74, 6) is 0.732. The molecule has 7 nitrogen and oxygen atoms in total. The Labute approximate surface area is 128 Å². The van der Waals surface area contributed by atoms with Crippen LogP contribution in [0, 0.1) is 5.41 Å². The quantitative estimate of drug-likeness (QED) is 0.807. The van der Waals surface area contributed by atoms with E-state index in [4.69, 9.17) is 4.74 Å². The largest absolute Gasteiger partial charge is 0.367 e. The number of aromatic amines is 1. The smallest absolute Gasteiger partial charge is 0.236 e. The van der Waals surface area contributed by atoms with Crippen LogP contribution >= 0.6 is 0 Å². The number of nitrogens with zero attached hydrogens (tertiary/aromatic N) is 4. The van der Waals surface area contributed by atoms with Gasteiger partial charge < -0.3 is 9.64 Å². The summed E-state index contributed by atoms with van der Waals surface area (Å²) in [5.41, 5.74) is -0.303. The second kappa shape index (κ2) is 3.95. The number of aromatic nitrogens is 4. The van der Waals surface area contributed by atoms with Crippen LogP contribution in [0.5, 0.6) is 0 Å². The SMILES string of the molecule is O=C(N1CC2(CC=CCO2)C1)C1(c2nn[nH]n2)CC2(CC2)C1. The van der Waals surface area contributed by atoms with Gasteiger partial charge in [0, 0.05) is 0 Å². The van der Waals surface area contributed by atoms with Gasteiger partial charge in [-0.05, 0) is 37.5 Å². The van der Waals surface area contributed by atoms with Crippen molar-refractivity contribution in [3.63, 3.8) is 0 Å². The summed E-state index contributed by atoms with van der Waals surface area (Å²) in [6, 6.07) is 0. The lowest BCUT2D eigenvalue weighted by Crippen LogP contribution is -2.69. The first-order valence-electron chi connectivity index (χ1n) is 7.98. The molecule has 2 aliphatic carbocycles. The summed E-state index contributed by atoms with van der Waals surface area (Å²) in [4.78, 5) is 15.0. The van der Waals surface area contributed by atoms with Gasteiger partial charge in [-0.25, -0.2) is 0 Å². The summed E-state index contributed by atoms with van der Waals surface area (Å²) in [5, 5.41) is 14.4. The molecule has 5 rings (SSSR count). The third kappa shape index (κ3) is 1.60. The molecule has 0 atom stereocenters. The van der Waals surface area contributed by atoms with Crippen molar-refractivity contribution in [3.8, 4) is 0 Å². The molecular formula is C15H19N5O2. The van der Waals surface area contributed by atoms with E-state index in [1.807, 2.05) is 11.0 Å². The molecule has 4 aliphatic rings. The Bertz CT molecular complexity index is 635. The molecule has 0 radical (unpaired) electrons. The first kappa shape index (κ1) is 12.8. The van der Waals surface area contributed by atoms with Gasteiger partial charge in [-0.3, -0.25) is 4.79 Å². The number of rotatable bonds is 2.